The molecule has 0 spiro atoms. The quantitative estimate of drug-likeness (QED) is 0.662. The zero-order valence-electron chi connectivity index (χ0n) is 17.9. The number of fused-ring (bicyclic) bond motifs is 2. The summed E-state index contributed by atoms with van der Waals surface area (Å²) < 4.78 is 24.6. The fourth-order valence-electron chi connectivity index (χ4n) is 5.62. The maximum absolute atomic E-state index is 13.2. The van der Waals surface area contributed by atoms with Crippen molar-refractivity contribution in [2.45, 2.75) is 95.5 Å². The Morgan fingerprint density at radius 3 is 2.22 bits per heavy atom. The summed E-state index contributed by atoms with van der Waals surface area (Å²) >= 11 is 0. The van der Waals surface area contributed by atoms with Crippen molar-refractivity contribution in [2.24, 2.45) is 0 Å². The molecule has 0 aromatic rings. The molecular formula is C22H41FN2O2. The van der Waals surface area contributed by atoms with E-state index in [2.05, 4.69) is 23.6 Å². The molecule has 0 aliphatic carbocycles. The van der Waals surface area contributed by atoms with Gasteiger partial charge in [0, 0.05) is 30.7 Å². The first-order chi connectivity index (χ1) is 13.0. The van der Waals surface area contributed by atoms with Gasteiger partial charge in [-0.05, 0) is 78.4 Å². The normalized spacial score (nSPS) is 33.6. The minimum Gasteiger partial charge on any atom is -0.380 e. The second-order valence-corrected chi connectivity index (χ2v) is 9.16. The number of hydrogen-bond donors (Lipinski definition) is 0. The molecule has 0 aromatic carbocycles. The van der Waals surface area contributed by atoms with E-state index >= 15 is 0 Å². The van der Waals surface area contributed by atoms with Crippen molar-refractivity contribution < 1.29 is 13.9 Å². The number of nitrogens with zero attached hydrogens (tertiary/aromatic N) is 2. The molecule has 0 amide bonds. The van der Waals surface area contributed by atoms with Gasteiger partial charge in [-0.25, -0.2) is 4.39 Å². The lowest BCUT2D eigenvalue weighted by Gasteiger charge is -2.32. The smallest absolute Gasteiger partial charge is 0.115 e. The average molecular weight is 385 g/mol. The maximum atomic E-state index is 13.2. The first-order valence-electron chi connectivity index (χ1n) is 11.4. The molecule has 0 bridgehead atoms. The third-order valence-corrected chi connectivity index (χ3v) is 7.36. The Bertz CT molecular complexity index is 454. The summed E-state index contributed by atoms with van der Waals surface area (Å²) in [6.07, 6.45) is 9.45. The van der Waals surface area contributed by atoms with Gasteiger partial charge in [0.05, 0.1) is 19.3 Å². The number of ether oxygens (including phenoxy) is 2. The van der Waals surface area contributed by atoms with E-state index < -0.39 is 6.17 Å². The van der Waals surface area contributed by atoms with Crippen molar-refractivity contribution in [3.8, 4) is 0 Å². The highest BCUT2D eigenvalue weighted by Gasteiger charge is 2.48. The topological polar surface area (TPSA) is 24.9 Å². The summed E-state index contributed by atoms with van der Waals surface area (Å²) in [5.41, 5.74) is 0.513. The molecule has 0 radical (unpaired) electrons. The van der Waals surface area contributed by atoms with Gasteiger partial charge >= 0.3 is 0 Å². The third-order valence-electron chi connectivity index (χ3n) is 7.36. The molecule has 4 aliphatic rings. The Labute approximate surface area is 165 Å². The lowest BCUT2D eigenvalue weighted by Crippen LogP contribution is -2.43. The summed E-state index contributed by atoms with van der Waals surface area (Å²) in [6.45, 7) is 13.1. The van der Waals surface area contributed by atoms with Crippen LogP contribution in [0.1, 0.15) is 72.1 Å². The molecule has 158 valence electrons. The minimum atomic E-state index is -0.624. The maximum Gasteiger partial charge on any atom is 0.115 e. The van der Waals surface area contributed by atoms with Gasteiger partial charge in [0.2, 0.25) is 0 Å². The molecule has 4 rings (SSSR count). The second kappa shape index (κ2) is 9.51. The summed E-state index contributed by atoms with van der Waals surface area (Å²) in [5.74, 6) is 0. The molecule has 27 heavy (non-hydrogen) atoms. The van der Waals surface area contributed by atoms with E-state index in [1.807, 2.05) is 6.92 Å². The predicted molar refractivity (Wildman–Crippen MR) is 108 cm³/mol. The Balaban J connectivity index is 0.000000156. The summed E-state index contributed by atoms with van der Waals surface area (Å²) in [7, 11) is 0. The fourth-order valence-corrected chi connectivity index (χ4v) is 5.62. The Kier molecular flexibility index (Phi) is 7.57. The summed E-state index contributed by atoms with van der Waals surface area (Å²) in [4.78, 5) is 4.95. The Hall–Kier alpha value is -0.230. The highest BCUT2D eigenvalue weighted by Crippen LogP contribution is 2.40. The van der Waals surface area contributed by atoms with Crippen LogP contribution >= 0.6 is 0 Å². The van der Waals surface area contributed by atoms with Gasteiger partial charge in [0.1, 0.15) is 6.17 Å². The van der Waals surface area contributed by atoms with Gasteiger partial charge in [0.15, 0.2) is 0 Å². The van der Waals surface area contributed by atoms with Crippen LogP contribution in [0.3, 0.4) is 0 Å². The molecular weight excluding hydrogens is 343 g/mol. The lowest BCUT2D eigenvalue weighted by molar-refractivity contribution is -0.00576. The number of rotatable bonds is 7. The highest BCUT2D eigenvalue weighted by atomic mass is 19.1. The molecule has 0 N–H and O–H groups in total. The van der Waals surface area contributed by atoms with E-state index in [9.17, 15) is 4.39 Å². The van der Waals surface area contributed by atoms with Crippen LogP contribution in [-0.4, -0.2) is 79.2 Å². The molecule has 4 saturated heterocycles. The third kappa shape index (κ3) is 4.85. The van der Waals surface area contributed by atoms with Crippen LogP contribution in [0.4, 0.5) is 4.39 Å². The Morgan fingerprint density at radius 1 is 0.963 bits per heavy atom. The van der Waals surface area contributed by atoms with Crippen LogP contribution in [0.2, 0.25) is 0 Å². The SMILES string of the molecule is CCC(C)OCC12CCCN1CCC2.CCOCC12CCCN1CC(F)C2. The van der Waals surface area contributed by atoms with Gasteiger partial charge in [0.25, 0.3) is 0 Å². The van der Waals surface area contributed by atoms with E-state index in [0.29, 0.717) is 24.6 Å². The van der Waals surface area contributed by atoms with Crippen molar-refractivity contribution in [2.75, 3.05) is 46.0 Å². The summed E-state index contributed by atoms with van der Waals surface area (Å²) in [5, 5.41) is 0. The van der Waals surface area contributed by atoms with Crippen LogP contribution in [0, 0.1) is 0 Å². The van der Waals surface area contributed by atoms with Crippen molar-refractivity contribution in [1.82, 2.24) is 9.80 Å². The minimum absolute atomic E-state index is 0.0649. The van der Waals surface area contributed by atoms with E-state index in [-0.39, 0.29) is 5.54 Å². The van der Waals surface area contributed by atoms with E-state index in [1.165, 1.54) is 45.2 Å². The fraction of sp³-hybridized carbons (Fsp3) is 1.00. The number of alkyl halides is 1. The molecule has 4 nitrogen and oxygen atoms in total. The molecule has 0 aromatic heterocycles. The van der Waals surface area contributed by atoms with Crippen LogP contribution in [-0.2, 0) is 9.47 Å². The standard InChI is InChI=1S/C12H23NO.C10H18FNO/c1-3-11(2)14-10-12-6-4-8-13(12)9-5-7-12;1-2-13-8-10-4-3-5-12(10)7-9(11)6-10/h11H,3-10H2,1-2H3;9H,2-8H2,1H3. The Morgan fingerprint density at radius 2 is 1.59 bits per heavy atom. The molecule has 3 unspecified atom stereocenters. The number of hydrogen-bond acceptors (Lipinski definition) is 4. The van der Waals surface area contributed by atoms with Gasteiger partial charge < -0.3 is 9.47 Å². The summed E-state index contributed by atoms with van der Waals surface area (Å²) in [6, 6.07) is 0. The first-order valence-corrected chi connectivity index (χ1v) is 11.4. The molecule has 4 heterocycles. The highest BCUT2D eigenvalue weighted by molar-refractivity contribution is 5.03. The molecule has 0 saturated carbocycles. The largest absolute Gasteiger partial charge is 0.380 e. The van der Waals surface area contributed by atoms with Crippen molar-refractivity contribution in [3.05, 3.63) is 0 Å². The van der Waals surface area contributed by atoms with Crippen LogP contribution < -0.4 is 0 Å². The zero-order valence-corrected chi connectivity index (χ0v) is 17.9. The van der Waals surface area contributed by atoms with E-state index in [0.717, 1.165) is 39.2 Å². The molecule has 4 fully saturated rings. The van der Waals surface area contributed by atoms with Gasteiger partial charge in [-0.3, -0.25) is 9.80 Å². The zero-order chi connectivity index (χ0) is 19.3. The lowest BCUT2D eigenvalue weighted by atomic mass is 9.95. The van der Waals surface area contributed by atoms with E-state index in [4.69, 9.17) is 9.47 Å². The molecule has 3 atom stereocenters. The molecule has 4 aliphatic heterocycles. The predicted octanol–water partition coefficient (Wildman–Crippen LogP) is 4.03. The first kappa shape index (κ1) is 21.5. The monoisotopic (exact) mass is 384 g/mol. The van der Waals surface area contributed by atoms with Crippen LogP contribution in [0.5, 0.6) is 0 Å². The van der Waals surface area contributed by atoms with Crippen LogP contribution in [0.25, 0.3) is 0 Å². The molecule has 5 heteroatoms. The van der Waals surface area contributed by atoms with Crippen LogP contribution in [0.15, 0.2) is 0 Å². The van der Waals surface area contributed by atoms with Gasteiger partial charge in [-0.2, -0.15) is 0 Å². The van der Waals surface area contributed by atoms with E-state index in [1.54, 1.807) is 0 Å². The number of halogens is 1. The van der Waals surface area contributed by atoms with Gasteiger partial charge in [-0.1, -0.05) is 6.92 Å². The average Bonchev–Trinajstić information content (AvgIpc) is 3.37. The van der Waals surface area contributed by atoms with Gasteiger partial charge in [-0.15, -0.1) is 0 Å². The van der Waals surface area contributed by atoms with Crippen molar-refractivity contribution in [3.63, 3.8) is 0 Å². The van der Waals surface area contributed by atoms with Crippen molar-refractivity contribution in [1.29, 1.82) is 0 Å². The van der Waals surface area contributed by atoms with Crippen molar-refractivity contribution >= 4 is 0 Å². The second-order valence-electron chi connectivity index (χ2n) is 9.16.